The van der Waals surface area contributed by atoms with Gasteiger partial charge in [-0.1, -0.05) is 12.8 Å². The van der Waals surface area contributed by atoms with Crippen LogP contribution in [-0.4, -0.2) is 26.0 Å². The molecule has 1 aliphatic carbocycles. The Morgan fingerprint density at radius 2 is 2.00 bits per heavy atom. The van der Waals surface area contributed by atoms with E-state index in [1.807, 2.05) is 0 Å². The van der Waals surface area contributed by atoms with Gasteiger partial charge in [-0.3, -0.25) is 0 Å². The Bertz CT molecular complexity index is 648. The van der Waals surface area contributed by atoms with Crippen molar-refractivity contribution >= 4 is 16.0 Å². The van der Waals surface area contributed by atoms with E-state index in [4.69, 9.17) is 5.11 Å². The molecular weight excluding hydrogens is 290 g/mol. The van der Waals surface area contributed by atoms with Gasteiger partial charge in [0.15, 0.2) is 0 Å². The molecule has 1 fully saturated rings. The molecule has 1 aromatic carbocycles. The van der Waals surface area contributed by atoms with Crippen LogP contribution >= 0.6 is 0 Å². The average molecular weight is 311 g/mol. The fraction of sp³-hybridized carbons (Fsp3) is 0.533. The fourth-order valence-corrected chi connectivity index (χ4v) is 3.73. The van der Waals surface area contributed by atoms with E-state index in [-0.39, 0.29) is 10.5 Å². The van der Waals surface area contributed by atoms with Crippen LogP contribution in [0.1, 0.15) is 47.2 Å². The normalized spacial score (nSPS) is 15.1. The van der Waals surface area contributed by atoms with E-state index in [2.05, 4.69) is 4.72 Å². The molecule has 2 rings (SSSR count). The molecule has 6 heteroatoms. The van der Waals surface area contributed by atoms with Gasteiger partial charge >= 0.3 is 5.97 Å². The summed E-state index contributed by atoms with van der Waals surface area (Å²) in [6.07, 6.45) is 4.38. The fourth-order valence-electron chi connectivity index (χ4n) is 2.31. The number of nitrogens with one attached hydrogen (secondary N) is 1. The third kappa shape index (κ3) is 4.04. The number of carboxylic acids is 1. The highest BCUT2D eigenvalue weighted by Gasteiger charge is 2.22. The van der Waals surface area contributed by atoms with E-state index >= 15 is 0 Å². The number of benzene rings is 1. The number of rotatable bonds is 7. The van der Waals surface area contributed by atoms with Crippen LogP contribution in [0.15, 0.2) is 17.0 Å². The van der Waals surface area contributed by atoms with Crippen molar-refractivity contribution in [2.45, 2.75) is 44.4 Å². The standard InChI is InChI=1S/C15H21NO4S/c1-10-8-13(15(17)18)9-14(11(10)2)21(19,20)16-7-3-4-12-5-6-12/h8-9,12,16H,3-7H2,1-2H3,(H,17,18). The quantitative estimate of drug-likeness (QED) is 0.758. The molecule has 0 aliphatic heterocycles. The van der Waals surface area contributed by atoms with Crippen LogP contribution in [0.4, 0.5) is 0 Å². The van der Waals surface area contributed by atoms with E-state index in [1.54, 1.807) is 13.8 Å². The van der Waals surface area contributed by atoms with Crippen molar-refractivity contribution in [2.24, 2.45) is 5.92 Å². The minimum Gasteiger partial charge on any atom is -0.478 e. The summed E-state index contributed by atoms with van der Waals surface area (Å²) in [4.78, 5) is 11.1. The number of aromatic carboxylic acids is 1. The van der Waals surface area contributed by atoms with Crippen molar-refractivity contribution in [1.29, 1.82) is 0 Å². The summed E-state index contributed by atoms with van der Waals surface area (Å²) in [5, 5.41) is 9.06. The van der Waals surface area contributed by atoms with Gasteiger partial charge in [0.2, 0.25) is 10.0 Å². The number of sulfonamides is 1. The molecule has 21 heavy (non-hydrogen) atoms. The lowest BCUT2D eigenvalue weighted by Crippen LogP contribution is -2.26. The topological polar surface area (TPSA) is 83.5 Å². The molecule has 1 aromatic rings. The Morgan fingerprint density at radius 3 is 2.57 bits per heavy atom. The third-order valence-electron chi connectivity index (χ3n) is 3.93. The Labute approximate surface area is 125 Å². The summed E-state index contributed by atoms with van der Waals surface area (Å²) in [6, 6.07) is 2.72. The lowest BCUT2D eigenvalue weighted by molar-refractivity contribution is 0.0696. The van der Waals surface area contributed by atoms with Crippen molar-refractivity contribution in [3.05, 3.63) is 28.8 Å². The van der Waals surface area contributed by atoms with E-state index in [0.717, 1.165) is 18.8 Å². The Morgan fingerprint density at radius 1 is 1.33 bits per heavy atom. The minimum atomic E-state index is -3.66. The lowest BCUT2D eigenvalue weighted by atomic mass is 10.1. The van der Waals surface area contributed by atoms with Crippen molar-refractivity contribution < 1.29 is 18.3 Å². The van der Waals surface area contributed by atoms with Gasteiger partial charge in [-0.25, -0.2) is 17.9 Å². The maximum atomic E-state index is 12.3. The van der Waals surface area contributed by atoms with E-state index in [9.17, 15) is 13.2 Å². The van der Waals surface area contributed by atoms with E-state index in [0.29, 0.717) is 17.7 Å². The first-order chi connectivity index (χ1) is 9.81. The number of aryl methyl sites for hydroxylation is 1. The number of hydrogen-bond donors (Lipinski definition) is 2. The Balaban J connectivity index is 2.15. The number of carbonyl (C=O) groups is 1. The maximum absolute atomic E-state index is 12.3. The highest BCUT2D eigenvalue weighted by atomic mass is 32.2. The molecule has 1 saturated carbocycles. The van der Waals surface area contributed by atoms with Crippen LogP contribution in [0.3, 0.4) is 0 Å². The molecule has 0 unspecified atom stereocenters. The molecule has 0 bridgehead atoms. The third-order valence-corrected chi connectivity index (χ3v) is 5.52. The highest BCUT2D eigenvalue weighted by molar-refractivity contribution is 7.89. The minimum absolute atomic E-state index is 0.00328. The van der Waals surface area contributed by atoms with Gasteiger partial charge in [0.05, 0.1) is 10.5 Å². The SMILES string of the molecule is Cc1cc(C(=O)O)cc(S(=O)(=O)NCCCC2CC2)c1C. The maximum Gasteiger partial charge on any atom is 0.335 e. The second kappa shape index (κ2) is 6.15. The lowest BCUT2D eigenvalue weighted by Gasteiger charge is -2.12. The molecule has 116 valence electrons. The van der Waals surface area contributed by atoms with Gasteiger partial charge in [0.1, 0.15) is 0 Å². The largest absolute Gasteiger partial charge is 0.478 e. The summed E-state index contributed by atoms with van der Waals surface area (Å²) in [5.74, 6) is -0.350. The van der Waals surface area contributed by atoms with E-state index < -0.39 is 16.0 Å². The van der Waals surface area contributed by atoms with Crippen LogP contribution < -0.4 is 4.72 Å². The zero-order chi connectivity index (χ0) is 15.6. The summed E-state index contributed by atoms with van der Waals surface area (Å²) in [6.45, 7) is 3.81. The number of hydrogen-bond acceptors (Lipinski definition) is 3. The van der Waals surface area contributed by atoms with Gasteiger partial charge in [-0.2, -0.15) is 0 Å². The molecule has 0 radical (unpaired) electrons. The summed E-state index contributed by atoms with van der Waals surface area (Å²) >= 11 is 0. The van der Waals surface area contributed by atoms with Crippen molar-refractivity contribution in [3.8, 4) is 0 Å². The van der Waals surface area contributed by atoms with Gasteiger partial charge < -0.3 is 5.11 Å². The molecule has 0 spiro atoms. The summed E-state index contributed by atoms with van der Waals surface area (Å²) in [5.41, 5.74) is 1.25. The van der Waals surface area contributed by atoms with Crippen LogP contribution in [0.5, 0.6) is 0 Å². The molecule has 0 aromatic heterocycles. The molecule has 5 nitrogen and oxygen atoms in total. The van der Waals surface area contributed by atoms with Crippen LogP contribution in [-0.2, 0) is 10.0 Å². The summed E-state index contributed by atoms with van der Waals surface area (Å²) in [7, 11) is -3.66. The molecular formula is C15H21NO4S. The van der Waals surface area contributed by atoms with Crippen molar-refractivity contribution in [1.82, 2.24) is 4.72 Å². The predicted octanol–water partition coefficient (Wildman–Crippen LogP) is 2.47. The highest BCUT2D eigenvalue weighted by Crippen LogP contribution is 2.33. The van der Waals surface area contributed by atoms with Crippen LogP contribution in [0.2, 0.25) is 0 Å². The van der Waals surface area contributed by atoms with Crippen molar-refractivity contribution in [2.75, 3.05) is 6.54 Å². The molecule has 0 heterocycles. The first-order valence-corrected chi connectivity index (χ1v) is 8.64. The Kier molecular flexibility index (Phi) is 4.68. The van der Waals surface area contributed by atoms with Crippen LogP contribution in [0, 0.1) is 19.8 Å². The molecule has 0 saturated heterocycles. The average Bonchev–Trinajstić information content (AvgIpc) is 3.21. The smallest absolute Gasteiger partial charge is 0.335 e. The Hall–Kier alpha value is -1.40. The first kappa shape index (κ1) is 16.0. The zero-order valence-electron chi connectivity index (χ0n) is 12.3. The molecule has 1 aliphatic rings. The monoisotopic (exact) mass is 311 g/mol. The molecule has 2 N–H and O–H groups in total. The first-order valence-electron chi connectivity index (χ1n) is 7.15. The number of carboxylic acid groups (broad SMARTS) is 1. The van der Waals surface area contributed by atoms with Crippen LogP contribution in [0.25, 0.3) is 0 Å². The van der Waals surface area contributed by atoms with Crippen molar-refractivity contribution in [3.63, 3.8) is 0 Å². The van der Waals surface area contributed by atoms with Gasteiger partial charge in [0.25, 0.3) is 0 Å². The van der Waals surface area contributed by atoms with Gasteiger partial charge in [0, 0.05) is 6.54 Å². The molecule has 0 atom stereocenters. The second-order valence-electron chi connectivity index (χ2n) is 5.70. The predicted molar refractivity (Wildman–Crippen MR) is 80.0 cm³/mol. The van der Waals surface area contributed by atoms with Gasteiger partial charge in [-0.15, -0.1) is 0 Å². The van der Waals surface area contributed by atoms with E-state index in [1.165, 1.54) is 25.0 Å². The van der Waals surface area contributed by atoms with Gasteiger partial charge in [-0.05, 0) is 55.9 Å². The zero-order valence-corrected chi connectivity index (χ0v) is 13.2. The summed E-state index contributed by atoms with van der Waals surface area (Å²) < 4.78 is 27.2. The molecule has 0 amide bonds. The second-order valence-corrected chi connectivity index (χ2v) is 7.44.